The first-order valence-electron chi connectivity index (χ1n) is 11.9. The number of halogens is 1. The molecular weight excluding hydrogens is 504 g/mol. The largest absolute Gasteiger partial charge is 0.507 e. The van der Waals surface area contributed by atoms with E-state index in [9.17, 15) is 24.3 Å². The van der Waals surface area contributed by atoms with Gasteiger partial charge in [-0.2, -0.15) is 0 Å². The molecule has 3 aromatic carbocycles. The molecule has 3 aromatic rings. The predicted octanol–water partition coefficient (Wildman–Crippen LogP) is 5.18. The highest BCUT2D eigenvalue weighted by Gasteiger charge is 2.69. The van der Waals surface area contributed by atoms with E-state index in [1.165, 1.54) is 11.8 Å². The van der Waals surface area contributed by atoms with Crippen molar-refractivity contribution < 1.29 is 24.3 Å². The maximum absolute atomic E-state index is 14.6. The van der Waals surface area contributed by atoms with Crippen molar-refractivity contribution in [1.82, 2.24) is 0 Å². The van der Waals surface area contributed by atoms with Gasteiger partial charge in [0.05, 0.1) is 11.1 Å². The molecule has 1 unspecified atom stereocenters. The lowest BCUT2D eigenvalue weighted by Gasteiger charge is -2.35. The molecule has 0 radical (unpaired) electrons. The van der Waals surface area contributed by atoms with Crippen LogP contribution < -0.4 is 9.80 Å². The Balaban J connectivity index is 1.90. The van der Waals surface area contributed by atoms with Gasteiger partial charge in [0.15, 0.2) is 11.3 Å². The Kier molecular flexibility index (Phi) is 6.04. The molecular formula is C30H23ClN2O5. The van der Waals surface area contributed by atoms with Gasteiger partial charge < -0.3 is 5.11 Å². The molecule has 0 aliphatic carbocycles. The molecule has 2 aliphatic rings. The number of aliphatic hydroxyl groups excluding tert-OH is 1. The fraction of sp³-hybridized carbons (Fsp3) is 0.133. The number of anilines is 2. The molecule has 1 N–H and O–H groups in total. The van der Waals surface area contributed by atoms with Crippen LogP contribution in [0, 0.1) is 6.92 Å². The third-order valence-electron chi connectivity index (χ3n) is 6.91. The van der Waals surface area contributed by atoms with Crippen molar-refractivity contribution in [2.24, 2.45) is 0 Å². The smallest absolute Gasteiger partial charge is 0.300 e. The number of carbonyl (C=O) groups is 4. The van der Waals surface area contributed by atoms with Crippen molar-refractivity contribution in [3.63, 3.8) is 0 Å². The number of carbonyl (C=O) groups excluding carboxylic acids is 4. The minimum atomic E-state index is -2.22. The molecule has 5 rings (SSSR count). The van der Waals surface area contributed by atoms with Crippen LogP contribution in [0.5, 0.6) is 0 Å². The van der Waals surface area contributed by atoms with Gasteiger partial charge in [-0.15, -0.1) is 0 Å². The van der Waals surface area contributed by atoms with Crippen molar-refractivity contribution in [3.05, 3.63) is 112 Å². The molecule has 1 spiro atoms. The third kappa shape index (κ3) is 3.50. The molecule has 0 saturated carbocycles. The number of benzene rings is 3. The van der Waals surface area contributed by atoms with Gasteiger partial charge in [0, 0.05) is 27.7 Å². The van der Waals surface area contributed by atoms with E-state index in [0.717, 1.165) is 10.5 Å². The number of hydrogen-bond donors (Lipinski definition) is 1. The van der Waals surface area contributed by atoms with E-state index in [-0.39, 0.29) is 22.5 Å². The van der Waals surface area contributed by atoms with Gasteiger partial charge in [0.25, 0.3) is 11.7 Å². The first-order valence-corrected chi connectivity index (χ1v) is 12.3. The van der Waals surface area contributed by atoms with Crippen LogP contribution >= 0.6 is 11.6 Å². The van der Waals surface area contributed by atoms with Crippen molar-refractivity contribution >= 4 is 52.1 Å². The van der Waals surface area contributed by atoms with Gasteiger partial charge in [-0.1, -0.05) is 59.6 Å². The number of Topliss-reactive ketones (excluding diaryl/α,β-unsaturated/α-hetero) is 2. The number of rotatable bonds is 4. The summed E-state index contributed by atoms with van der Waals surface area (Å²) >= 11 is 6.07. The van der Waals surface area contributed by atoms with Gasteiger partial charge in [0.2, 0.25) is 0 Å². The Morgan fingerprint density at radius 3 is 2.00 bits per heavy atom. The van der Waals surface area contributed by atoms with E-state index in [1.54, 1.807) is 85.8 Å². The first kappa shape index (κ1) is 25.2. The average molecular weight is 527 g/mol. The van der Waals surface area contributed by atoms with E-state index in [4.69, 9.17) is 11.6 Å². The molecule has 1 fully saturated rings. The standard InChI is InChI=1S/C30H23ClN2O5/c1-17-9-13-23(14-10-17)33-28(37)27(36)25(26(35)20-7-5-4-6-8-20)30(33)24(19(3)34)18(2)32(29(30)38)22-15-11-21(31)12-16-22/h4-16,35H,1-3H3/b26-25-. The van der Waals surface area contributed by atoms with E-state index >= 15 is 0 Å². The number of allylic oxidation sites excluding steroid dienone is 1. The normalized spacial score (nSPS) is 20.7. The van der Waals surface area contributed by atoms with Gasteiger partial charge >= 0.3 is 5.91 Å². The van der Waals surface area contributed by atoms with Crippen LogP contribution in [0.15, 0.2) is 95.7 Å². The van der Waals surface area contributed by atoms with Gasteiger partial charge in [-0.05, 0) is 57.2 Å². The quantitative estimate of drug-likeness (QED) is 0.287. The van der Waals surface area contributed by atoms with E-state index in [2.05, 4.69) is 0 Å². The minimum absolute atomic E-state index is 0.0743. The molecule has 2 heterocycles. The number of nitrogens with zero attached hydrogens (tertiary/aromatic N) is 2. The van der Waals surface area contributed by atoms with E-state index in [0.29, 0.717) is 10.7 Å². The highest BCUT2D eigenvalue weighted by atomic mass is 35.5. The maximum atomic E-state index is 14.6. The summed E-state index contributed by atoms with van der Waals surface area (Å²) in [5, 5.41) is 11.9. The fourth-order valence-electron chi connectivity index (χ4n) is 5.31. The number of hydrogen-bond acceptors (Lipinski definition) is 5. The second kappa shape index (κ2) is 9.11. The van der Waals surface area contributed by atoms with Crippen molar-refractivity contribution in [2.45, 2.75) is 26.3 Å². The topological polar surface area (TPSA) is 95.0 Å². The minimum Gasteiger partial charge on any atom is -0.507 e. The fourth-order valence-corrected chi connectivity index (χ4v) is 5.43. The lowest BCUT2D eigenvalue weighted by molar-refractivity contribution is -0.132. The Hall–Kier alpha value is -4.49. The first-order chi connectivity index (χ1) is 18.1. The highest BCUT2D eigenvalue weighted by molar-refractivity contribution is 6.56. The second-order valence-corrected chi connectivity index (χ2v) is 9.68. The zero-order chi connectivity index (χ0) is 27.4. The van der Waals surface area contributed by atoms with Gasteiger partial charge in [-0.25, -0.2) is 0 Å². The third-order valence-corrected chi connectivity index (χ3v) is 7.16. The number of amides is 2. The zero-order valence-electron chi connectivity index (χ0n) is 20.9. The Labute approximate surface area is 224 Å². The zero-order valence-corrected chi connectivity index (χ0v) is 21.6. The lowest BCUT2D eigenvalue weighted by atomic mass is 9.79. The molecule has 1 saturated heterocycles. The molecule has 38 heavy (non-hydrogen) atoms. The lowest BCUT2D eigenvalue weighted by Crippen LogP contribution is -2.56. The summed E-state index contributed by atoms with van der Waals surface area (Å²) in [6, 6.07) is 21.2. The molecule has 2 aliphatic heterocycles. The molecule has 2 amide bonds. The van der Waals surface area contributed by atoms with Crippen LogP contribution in [0.3, 0.4) is 0 Å². The highest BCUT2D eigenvalue weighted by Crippen LogP contribution is 2.52. The summed E-state index contributed by atoms with van der Waals surface area (Å²) in [6.07, 6.45) is 0. The average Bonchev–Trinajstić information content (AvgIpc) is 3.26. The van der Waals surface area contributed by atoms with E-state index < -0.39 is 40.3 Å². The molecule has 0 bridgehead atoms. The number of aliphatic hydroxyl groups is 1. The maximum Gasteiger partial charge on any atom is 0.300 e. The summed E-state index contributed by atoms with van der Waals surface area (Å²) in [6.45, 7) is 4.71. The van der Waals surface area contributed by atoms with Gasteiger partial charge in [0.1, 0.15) is 5.76 Å². The number of aryl methyl sites for hydroxylation is 1. The van der Waals surface area contributed by atoms with Crippen molar-refractivity contribution in [1.29, 1.82) is 0 Å². The predicted molar refractivity (Wildman–Crippen MR) is 145 cm³/mol. The SMILES string of the molecule is CC(=O)C1=C(C)N(c2ccc(Cl)cc2)C(=O)C12/C(=C(\O)c1ccccc1)C(=O)C(=O)N2c1ccc(C)cc1. The van der Waals surface area contributed by atoms with Crippen LogP contribution in [0.1, 0.15) is 25.0 Å². The number of ketones is 2. The van der Waals surface area contributed by atoms with E-state index in [1.807, 2.05) is 6.92 Å². The summed E-state index contributed by atoms with van der Waals surface area (Å²) in [7, 11) is 0. The van der Waals surface area contributed by atoms with Crippen LogP contribution in [-0.4, -0.2) is 34.0 Å². The summed E-state index contributed by atoms with van der Waals surface area (Å²) in [5.41, 5.74) is -0.768. The Morgan fingerprint density at radius 1 is 0.842 bits per heavy atom. The summed E-state index contributed by atoms with van der Waals surface area (Å²) in [5.74, 6) is -3.89. The monoisotopic (exact) mass is 526 g/mol. The van der Waals surface area contributed by atoms with Gasteiger partial charge in [-0.3, -0.25) is 29.0 Å². The molecule has 190 valence electrons. The molecule has 0 aromatic heterocycles. The van der Waals surface area contributed by atoms with Crippen LogP contribution in [0.4, 0.5) is 11.4 Å². The molecule has 7 nitrogen and oxygen atoms in total. The summed E-state index contributed by atoms with van der Waals surface area (Å²) in [4.78, 5) is 57.7. The van der Waals surface area contributed by atoms with Crippen molar-refractivity contribution in [3.8, 4) is 0 Å². The summed E-state index contributed by atoms with van der Waals surface area (Å²) < 4.78 is 0. The van der Waals surface area contributed by atoms with Crippen molar-refractivity contribution in [2.75, 3.05) is 9.80 Å². The van der Waals surface area contributed by atoms with Crippen LogP contribution in [0.25, 0.3) is 5.76 Å². The molecule has 1 atom stereocenters. The van der Waals surface area contributed by atoms with Crippen LogP contribution in [-0.2, 0) is 19.2 Å². The Bertz CT molecular complexity index is 1570. The van der Waals surface area contributed by atoms with Crippen LogP contribution in [0.2, 0.25) is 5.02 Å². The Morgan fingerprint density at radius 2 is 1.42 bits per heavy atom. The molecule has 8 heteroatoms. The second-order valence-electron chi connectivity index (χ2n) is 9.24.